The zero-order valence-electron chi connectivity index (χ0n) is 13.7. The second-order valence-electron chi connectivity index (χ2n) is 5.93. The summed E-state index contributed by atoms with van der Waals surface area (Å²) >= 11 is 5.91. The quantitative estimate of drug-likeness (QED) is 0.798. The van der Waals surface area contributed by atoms with Gasteiger partial charge in [0.1, 0.15) is 0 Å². The minimum absolute atomic E-state index is 0.0106. The van der Waals surface area contributed by atoms with Gasteiger partial charge >= 0.3 is 0 Å². The highest BCUT2D eigenvalue weighted by atomic mass is 35.5. The maximum Gasteiger partial charge on any atom is 0.225 e. The van der Waals surface area contributed by atoms with E-state index < -0.39 is 0 Å². The Labute approximate surface area is 143 Å². The topological polar surface area (TPSA) is 55.8 Å². The van der Waals surface area contributed by atoms with Gasteiger partial charge in [-0.2, -0.15) is 0 Å². The summed E-state index contributed by atoms with van der Waals surface area (Å²) in [5.74, 6) is 0.0106. The second kappa shape index (κ2) is 9.23. The van der Waals surface area contributed by atoms with Crippen LogP contribution in [0, 0.1) is 0 Å². The number of nitrogens with one attached hydrogen (secondary N) is 1. The molecule has 1 amide bonds. The summed E-state index contributed by atoms with van der Waals surface area (Å²) in [5.41, 5.74) is 0.737. The molecule has 2 N–H and O–H groups in total. The number of aliphatic hydroxyl groups excluding tert-OH is 1. The van der Waals surface area contributed by atoms with E-state index in [1.165, 1.54) is 0 Å². The van der Waals surface area contributed by atoms with E-state index in [-0.39, 0.29) is 18.6 Å². The Morgan fingerprint density at radius 3 is 2.70 bits per heavy atom. The largest absolute Gasteiger partial charge is 0.395 e. The fraction of sp³-hybridized carbons (Fsp3) is 0.588. The Hall–Kier alpha value is -1.14. The summed E-state index contributed by atoms with van der Waals surface area (Å²) in [6, 6.07) is 7.46. The van der Waals surface area contributed by atoms with Crippen LogP contribution in [0.25, 0.3) is 0 Å². The first-order valence-electron chi connectivity index (χ1n) is 8.25. The third kappa shape index (κ3) is 5.77. The first-order chi connectivity index (χ1) is 11.1. The van der Waals surface area contributed by atoms with Gasteiger partial charge in [0, 0.05) is 55.9 Å². The smallest absolute Gasteiger partial charge is 0.225 e. The molecule has 0 aliphatic carbocycles. The molecule has 1 aliphatic heterocycles. The first kappa shape index (κ1) is 18.2. The average molecular weight is 340 g/mol. The molecule has 2 rings (SSSR count). The van der Waals surface area contributed by atoms with Crippen molar-refractivity contribution in [1.82, 2.24) is 9.80 Å². The Morgan fingerprint density at radius 1 is 1.35 bits per heavy atom. The summed E-state index contributed by atoms with van der Waals surface area (Å²) < 4.78 is 0. The molecule has 0 bridgehead atoms. The summed E-state index contributed by atoms with van der Waals surface area (Å²) in [5, 5.41) is 12.9. The van der Waals surface area contributed by atoms with Gasteiger partial charge < -0.3 is 15.3 Å². The molecule has 1 aromatic rings. The normalized spacial score (nSPS) is 17.9. The molecule has 1 aliphatic rings. The summed E-state index contributed by atoms with van der Waals surface area (Å²) in [4.78, 5) is 16.6. The molecular formula is C17H26ClN3O2. The zero-order valence-corrected chi connectivity index (χ0v) is 14.4. The van der Waals surface area contributed by atoms with Gasteiger partial charge in [-0.15, -0.1) is 0 Å². The molecule has 0 spiro atoms. The van der Waals surface area contributed by atoms with Gasteiger partial charge in [0.05, 0.1) is 6.61 Å². The lowest BCUT2D eigenvalue weighted by Crippen LogP contribution is -2.51. The molecule has 1 aromatic carbocycles. The fourth-order valence-corrected chi connectivity index (χ4v) is 3.09. The average Bonchev–Trinajstić information content (AvgIpc) is 2.55. The van der Waals surface area contributed by atoms with Gasteiger partial charge in [0.15, 0.2) is 0 Å². The van der Waals surface area contributed by atoms with E-state index in [1.54, 1.807) is 12.1 Å². The van der Waals surface area contributed by atoms with Crippen LogP contribution in [0.1, 0.15) is 19.8 Å². The Bertz CT molecular complexity index is 500. The monoisotopic (exact) mass is 339 g/mol. The van der Waals surface area contributed by atoms with Gasteiger partial charge in [-0.3, -0.25) is 9.69 Å². The maximum atomic E-state index is 12.0. The predicted molar refractivity (Wildman–Crippen MR) is 93.9 cm³/mol. The van der Waals surface area contributed by atoms with Crippen LogP contribution in [-0.4, -0.2) is 66.2 Å². The zero-order chi connectivity index (χ0) is 16.7. The van der Waals surface area contributed by atoms with Crippen LogP contribution in [0.5, 0.6) is 0 Å². The van der Waals surface area contributed by atoms with Crippen LogP contribution in [0.4, 0.5) is 5.69 Å². The van der Waals surface area contributed by atoms with E-state index in [0.717, 1.165) is 44.8 Å². The summed E-state index contributed by atoms with van der Waals surface area (Å²) in [7, 11) is 0. The highest BCUT2D eigenvalue weighted by Gasteiger charge is 2.22. The van der Waals surface area contributed by atoms with E-state index in [4.69, 9.17) is 11.6 Å². The number of piperazine rings is 1. The van der Waals surface area contributed by atoms with Crippen molar-refractivity contribution in [3.63, 3.8) is 0 Å². The molecule has 1 atom stereocenters. The van der Waals surface area contributed by atoms with Crippen molar-refractivity contribution in [2.24, 2.45) is 0 Å². The van der Waals surface area contributed by atoms with E-state index in [1.807, 2.05) is 12.1 Å². The van der Waals surface area contributed by atoms with E-state index >= 15 is 0 Å². The van der Waals surface area contributed by atoms with Crippen LogP contribution >= 0.6 is 11.6 Å². The molecule has 23 heavy (non-hydrogen) atoms. The Kier molecular flexibility index (Phi) is 7.30. The lowest BCUT2D eigenvalue weighted by molar-refractivity contribution is -0.116. The molecule has 0 radical (unpaired) electrons. The first-order valence-corrected chi connectivity index (χ1v) is 8.63. The van der Waals surface area contributed by atoms with Crippen LogP contribution in [0.15, 0.2) is 24.3 Å². The Balaban J connectivity index is 1.70. The summed E-state index contributed by atoms with van der Waals surface area (Å²) in [6.07, 6.45) is 1.45. The lowest BCUT2D eigenvalue weighted by atomic mass is 10.1. The number of carbonyl (C=O) groups is 1. The second-order valence-corrected chi connectivity index (χ2v) is 6.37. The number of amides is 1. The highest BCUT2D eigenvalue weighted by molar-refractivity contribution is 6.30. The number of hydrogen-bond donors (Lipinski definition) is 2. The highest BCUT2D eigenvalue weighted by Crippen LogP contribution is 2.15. The van der Waals surface area contributed by atoms with Crippen molar-refractivity contribution >= 4 is 23.2 Å². The van der Waals surface area contributed by atoms with Crippen molar-refractivity contribution in [3.8, 4) is 0 Å². The van der Waals surface area contributed by atoms with Crippen LogP contribution in [-0.2, 0) is 4.79 Å². The van der Waals surface area contributed by atoms with Gasteiger partial charge in [-0.05, 0) is 24.6 Å². The third-order valence-corrected chi connectivity index (χ3v) is 4.60. The number of anilines is 1. The molecule has 128 valence electrons. The minimum Gasteiger partial charge on any atom is -0.395 e. The third-order valence-electron chi connectivity index (χ3n) is 4.37. The SMILES string of the molecule is CCC(CO)N1CCN(CCC(=O)Nc2cccc(Cl)c2)CC1. The molecule has 5 nitrogen and oxygen atoms in total. The molecule has 6 heteroatoms. The molecule has 1 heterocycles. The van der Waals surface area contributed by atoms with E-state index in [9.17, 15) is 9.90 Å². The van der Waals surface area contributed by atoms with Crippen molar-refractivity contribution in [2.45, 2.75) is 25.8 Å². The molecule has 0 saturated carbocycles. The van der Waals surface area contributed by atoms with Crippen molar-refractivity contribution in [2.75, 3.05) is 44.6 Å². The van der Waals surface area contributed by atoms with Crippen molar-refractivity contribution in [3.05, 3.63) is 29.3 Å². The molecule has 1 unspecified atom stereocenters. The van der Waals surface area contributed by atoms with Gasteiger partial charge in [-0.25, -0.2) is 0 Å². The van der Waals surface area contributed by atoms with Gasteiger partial charge in [0.2, 0.25) is 5.91 Å². The molecule has 1 saturated heterocycles. The number of rotatable bonds is 7. The minimum atomic E-state index is 0.0106. The number of hydrogen-bond acceptors (Lipinski definition) is 4. The van der Waals surface area contributed by atoms with Crippen molar-refractivity contribution < 1.29 is 9.90 Å². The molecule has 1 fully saturated rings. The van der Waals surface area contributed by atoms with Crippen LogP contribution in [0.3, 0.4) is 0 Å². The Morgan fingerprint density at radius 2 is 2.09 bits per heavy atom. The number of nitrogens with zero attached hydrogens (tertiary/aromatic N) is 2. The maximum absolute atomic E-state index is 12.0. The van der Waals surface area contributed by atoms with Crippen LogP contribution in [0.2, 0.25) is 5.02 Å². The van der Waals surface area contributed by atoms with Gasteiger partial charge in [-0.1, -0.05) is 24.6 Å². The van der Waals surface area contributed by atoms with Gasteiger partial charge in [0.25, 0.3) is 0 Å². The van der Waals surface area contributed by atoms with Crippen LogP contribution < -0.4 is 5.32 Å². The summed E-state index contributed by atoms with van der Waals surface area (Å²) in [6.45, 7) is 6.88. The number of benzene rings is 1. The number of carbonyl (C=O) groups excluding carboxylic acids is 1. The molecular weight excluding hydrogens is 314 g/mol. The van der Waals surface area contributed by atoms with E-state index in [0.29, 0.717) is 11.4 Å². The molecule has 0 aromatic heterocycles. The number of aliphatic hydroxyl groups is 1. The van der Waals surface area contributed by atoms with Crippen molar-refractivity contribution in [1.29, 1.82) is 0 Å². The standard InChI is InChI=1S/C17H26ClN3O2/c1-2-16(13-22)21-10-8-20(9-11-21)7-6-17(23)19-15-5-3-4-14(18)12-15/h3-5,12,16,22H,2,6-11,13H2,1H3,(H,19,23). The fourth-order valence-electron chi connectivity index (χ4n) is 2.90. The predicted octanol–water partition coefficient (Wildman–Crippen LogP) is 2.06. The van der Waals surface area contributed by atoms with E-state index in [2.05, 4.69) is 22.0 Å². The lowest BCUT2D eigenvalue weighted by Gasteiger charge is -2.38. The number of halogens is 1.